The highest BCUT2D eigenvalue weighted by Gasteiger charge is 2.32. The Kier molecular flexibility index (Phi) is 4.47. The lowest BCUT2D eigenvalue weighted by Crippen LogP contribution is -2.37. The van der Waals surface area contributed by atoms with E-state index >= 15 is 0 Å². The van der Waals surface area contributed by atoms with Gasteiger partial charge in [-0.15, -0.1) is 0 Å². The van der Waals surface area contributed by atoms with Crippen molar-refractivity contribution in [2.45, 2.75) is 32.4 Å². The summed E-state index contributed by atoms with van der Waals surface area (Å²) in [5, 5.41) is 8.95. The van der Waals surface area contributed by atoms with Gasteiger partial charge in [0, 0.05) is 31.2 Å². The van der Waals surface area contributed by atoms with Crippen LogP contribution in [-0.2, 0) is 11.2 Å². The predicted octanol–water partition coefficient (Wildman–Crippen LogP) is 1.29. The second-order valence-corrected chi connectivity index (χ2v) is 5.50. The molecular weight excluding hydrogens is 270 g/mol. The number of urea groups is 1. The molecule has 6 nitrogen and oxygen atoms in total. The smallest absolute Gasteiger partial charge is 0.324 e. The molecule has 114 valence electrons. The van der Waals surface area contributed by atoms with Gasteiger partial charge in [0.1, 0.15) is 6.04 Å². The maximum atomic E-state index is 12.4. The fraction of sp³-hybridized carbons (Fsp3) is 0.467. The van der Waals surface area contributed by atoms with Gasteiger partial charge >= 0.3 is 12.0 Å². The zero-order valence-corrected chi connectivity index (χ0v) is 12.3. The lowest BCUT2D eigenvalue weighted by atomic mass is 10.0. The van der Waals surface area contributed by atoms with Gasteiger partial charge in [0.05, 0.1) is 0 Å². The van der Waals surface area contributed by atoms with E-state index in [1.807, 2.05) is 38.1 Å². The fourth-order valence-corrected chi connectivity index (χ4v) is 2.53. The van der Waals surface area contributed by atoms with Gasteiger partial charge in [-0.3, -0.25) is 9.69 Å². The molecule has 1 aromatic rings. The molecule has 0 saturated carbocycles. The van der Waals surface area contributed by atoms with Crippen molar-refractivity contribution in [1.82, 2.24) is 4.90 Å². The predicted molar refractivity (Wildman–Crippen MR) is 80.3 cm³/mol. The molecular formula is C15H21N3O3. The first-order chi connectivity index (χ1) is 9.91. The van der Waals surface area contributed by atoms with Crippen LogP contribution in [0.15, 0.2) is 24.3 Å². The standard InChI is InChI=1S/C15H21N3O3/c1-10(2)17-7-8-18(15(17)21)13-6-4-3-5-11(13)9-12(16)14(19)20/h3-6,10,12H,7-9,16H2,1-2H3,(H,19,20). The largest absolute Gasteiger partial charge is 0.480 e. The number of carboxylic acids is 1. The lowest BCUT2D eigenvalue weighted by Gasteiger charge is -2.23. The highest BCUT2D eigenvalue weighted by molar-refractivity contribution is 5.95. The summed E-state index contributed by atoms with van der Waals surface area (Å²) in [6, 6.07) is 6.47. The molecule has 2 rings (SSSR count). The van der Waals surface area contributed by atoms with E-state index in [4.69, 9.17) is 10.8 Å². The third-order valence-electron chi connectivity index (χ3n) is 3.70. The Balaban J connectivity index is 2.25. The maximum absolute atomic E-state index is 12.4. The van der Waals surface area contributed by atoms with Crippen molar-refractivity contribution in [3.8, 4) is 0 Å². The Labute approximate surface area is 124 Å². The molecule has 1 fully saturated rings. The van der Waals surface area contributed by atoms with Crippen LogP contribution in [0.5, 0.6) is 0 Å². The highest BCUT2D eigenvalue weighted by atomic mass is 16.4. The van der Waals surface area contributed by atoms with Crippen LogP contribution in [0.1, 0.15) is 19.4 Å². The van der Waals surface area contributed by atoms with Gasteiger partial charge in [0.15, 0.2) is 0 Å². The van der Waals surface area contributed by atoms with Gasteiger partial charge in [-0.05, 0) is 25.5 Å². The summed E-state index contributed by atoms with van der Waals surface area (Å²) in [7, 11) is 0. The van der Waals surface area contributed by atoms with Crippen LogP contribution in [0.2, 0.25) is 0 Å². The number of amides is 2. The molecule has 1 unspecified atom stereocenters. The first-order valence-electron chi connectivity index (χ1n) is 7.06. The summed E-state index contributed by atoms with van der Waals surface area (Å²) >= 11 is 0. The lowest BCUT2D eigenvalue weighted by molar-refractivity contribution is -0.138. The van der Waals surface area contributed by atoms with E-state index in [0.29, 0.717) is 13.1 Å². The Hall–Kier alpha value is -2.08. The average molecular weight is 291 g/mol. The highest BCUT2D eigenvalue weighted by Crippen LogP contribution is 2.26. The number of anilines is 1. The van der Waals surface area contributed by atoms with Crippen LogP contribution in [0.4, 0.5) is 10.5 Å². The minimum absolute atomic E-state index is 0.0404. The number of carbonyl (C=O) groups is 2. The second kappa shape index (κ2) is 6.13. The number of nitrogens with two attached hydrogens (primary N) is 1. The minimum Gasteiger partial charge on any atom is -0.480 e. The van der Waals surface area contributed by atoms with Gasteiger partial charge in [0.25, 0.3) is 0 Å². The molecule has 1 atom stereocenters. The Morgan fingerprint density at radius 1 is 1.33 bits per heavy atom. The molecule has 3 N–H and O–H groups in total. The van der Waals surface area contributed by atoms with Gasteiger partial charge in [0.2, 0.25) is 0 Å². The number of hydrogen-bond acceptors (Lipinski definition) is 3. The third kappa shape index (κ3) is 3.16. The summed E-state index contributed by atoms with van der Waals surface area (Å²) in [6.45, 7) is 5.24. The SMILES string of the molecule is CC(C)N1CCN(c2ccccc2CC(N)C(=O)O)C1=O. The van der Waals surface area contributed by atoms with E-state index < -0.39 is 12.0 Å². The normalized spacial score (nSPS) is 16.7. The number of aliphatic carboxylic acids is 1. The van der Waals surface area contributed by atoms with E-state index in [9.17, 15) is 9.59 Å². The van der Waals surface area contributed by atoms with E-state index in [1.165, 1.54) is 0 Å². The summed E-state index contributed by atoms with van der Waals surface area (Å²) in [5.41, 5.74) is 7.15. The van der Waals surface area contributed by atoms with Crippen molar-refractivity contribution in [1.29, 1.82) is 0 Å². The van der Waals surface area contributed by atoms with Crippen LogP contribution in [-0.4, -0.2) is 47.2 Å². The number of para-hydroxylation sites is 1. The average Bonchev–Trinajstić information content (AvgIpc) is 2.81. The number of nitrogens with zero attached hydrogens (tertiary/aromatic N) is 2. The van der Waals surface area contributed by atoms with Gasteiger partial charge in [-0.2, -0.15) is 0 Å². The van der Waals surface area contributed by atoms with E-state index in [0.717, 1.165) is 11.3 Å². The zero-order valence-electron chi connectivity index (χ0n) is 12.3. The molecule has 1 heterocycles. The molecule has 2 amide bonds. The van der Waals surface area contributed by atoms with Gasteiger partial charge in [-0.1, -0.05) is 18.2 Å². The molecule has 0 spiro atoms. The summed E-state index contributed by atoms with van der Waals surface area (Å²) in [6.07, 6.45) is 0.205. The Morgan fingerprint density at radius 3 is 2.57 bits per heavy atom. The zero-order chi connectivity index (χ0) is 15.6. The number of rotatable bonds is 5. The monoisotopic (exact) mass is 291 g/mol. The molecule has 0 aromatic heterocycles. The molecule has 0 bridgehead atoms. The Bertz CT molecular complexity index is 545. The molecule has 0 aliphatic carbocycles. The first-order valence-corrected chi connectivity index (χ1v) is 7.06. The molecule has 1 aliphatic heterocycles. The van der Waals surface area contributed by atoms with Crippen molar-refractivity contribution in [2.24, 2.45) is 5.73 Å². The second-order valence-electron chi connectivity index (χ2n) is 5.50. The summed E-state index contributed by atoms with van der Waals surface area (Å²) in [4.78, 5) is 26.8. The van der Waals surface area contributed by atoms with Crippen LogP contribution < -0.4 is 10.6 Å². The topological polar surface area (TPSA) is 86.9 Å². The molecule has 1 aliphatic rings. The van der Waals surface area contributed by atoms with E-state index in [1.54, 1.807) is 9.80 Å². The van der Waals surface area contributed by atoms with Crippen LogP contribution in [0, 0.1) is 0 Å². The summed E-state index contributed by atoms with van der Waals surface area (Å²) < 4.78 is 0. The molecule has 6 heteroatoms. The first kappa shape index (κ1) is 15.3. The number of carboxylic acid groups (broad SMARTS) is 1. The third-order valence-corrected chi connectivity index (χ3v) is 3.70. The van der Waals surface area contributed by atoms with Crippen molar-refractivity contribution in [2.75, 3.05) is 18.0 Å². The molecule has 0 radical (unpaired) electrons. The number of hydrogen-bond donors (Lipinski definition) is 2. The molecule has 1 saturated heterocycles. The van der Waals surface area contributed by atoms with Crippen LogP contribution >= 0.6 is 0 Å². The quantitative estimate of drug-likeness (QED) is 0.856. The van der Waals surface area contributed by atoms with Crippen LogP contribution in [0.3, 0.4) is 0 Å². The Morgan fingerprint density at radius 2 is 2.00 bits per heavy atom. The van der Waals surface area contributed by atoms with E-state index in [-0.39, 0.29) is 18.5 Å². The summed E-state index contributed by atoms with van der Waals surface area (Å²) in [5.74, 6) is -1.04. The fourth-order valence-electron chi connectivity index (χ4n) is 2.53. The van der Waals surface area contributed by atoms with Crippen molar-refractivity contribution in [3.05, 3.63) is 29.8 Å². The van der Waals surface area contributed by atoms with Crippen molar-refractivity contribution < 1.29 is 14.7 Å². The number of benzene rings is 1. The maximum Gasteiger partial charge on any atom is 0.324 e. The minimum atomic E-state index is -1.04. The van der Waals surface area contributed by atoms with Gasteiger partial charge in [-0.25, -0.2) is 4.79 Å². The number of carbonyl (C=O) groups excluding carboxylic acids is 1. The van der Waals surface area contributed by atoms with Crippen LogP contribution in [0.25, 0.3) is 0 Å². The van der Waals surface area contributed by atoms with Gasteiger partial charge < -0.3 is 15.7 Å². The van der Waals surface area contributed by atoms with Crippen molar-refractivity contribution >= 4 is 17.7 Å². The molecule has 1 aromatic carbocycles. The van der Waals surface area contributed by atoms with E-state index in [2.05, 4.69) is 0 Å². The van der Waals surface area contributed by atoms with Crippen molar-refractivity contribution in [3.63, 3.8) is 0 Å². The molecule has 21 heavy (non-hydrogen) atoms.